The Morgan fingerprint density at radius 2 is 1.87 bits per heavy atom. The van der Waals surface area contributed by atoms with Crippen LogP contribution in [0.25, 0.3) is 0 Å². The molecule has 0 aliphatic carbocycles. The Hall–Kier alpha value is -2.24. The van der Waals surface area contributed by atoms with Crippen molar-refractivity contribution in [2.75, 3.05) is 32.9 Å². The Kier molecular flexibility index (Phi) is 6.06. The lowest BCUT2D eigenvalue weighted by Crippen LogP contribution is -2.46. The summed E-state index contributed by atoms with van der Waals surface area (Å²) < 4.78 is 13.8. The molecule has 0 saturated carbocycles. The van der Waals surface area contributed by atoms with E-state index < -0.39 is 0 Å². The molecule has 3 heterocycles. The summed E-state index contributed by atoms with van der Waals surface area (Å²) >= 11 is 0. The maximum Gasteiger partial charge on any atom is 0.254 e. The van der Waals surface area contributed by atoms with Crippen LogP contribution in [0.1, 0.15) is 64.7 Å². The molecule has 0 aromatic heterocycles. The van der Waals surface area contributed by atoms with Crippen molar-refractivity contribution in [1.82, 2.24) is 15.1 Å². The van der Waals surface area contributed by atoms with Gasteiger partial charge in [0, 0.05) is 24.7 Å². The first-order chi connectivity index (χ1) is 15.2. The minimum Gasteiger partial charge on any atom is -0.330 e. The number of likely N-dealkylation sites (tertiary alicyclic amines) is 1. The second-order valence-corrected chi connectivity index (χ2v) is 9.24. The van der Waals surface area contributed by atoms with E-state index in [1.165, 1.54) is 11.1 Å². The van der Waals surface area contributed by atoms with Crippen LogP contribution in [-0.4, -0.2) is 54.6 Å². The molecule has 2 unspecified atom stereocenters. The van der Waals surface area contributed by atoms with Gasteiger partial charge in [-0.25, -0.2) is 4.39 Å². The maximum atomic E-state index is 13.8. The summed E-state index contributed by atoms with van der Waals surface area (Å²) in [6, 6.07) is 16.7. The van der Waals surface area contributed by atoms with Crippen LogP contribution >= 0.6 is 0 Å². The fourth-order valence-corrected chi connectivity index (χ4v) is 5.63. The topological polar surface area (TPSA) is 35.6 Å². The number of alkyl halides is 1. The van der Waals surface area contributed by atoms with E-state index in [1.807, 2.05) is 36.4 Å². The number of halogens is 1. The first-order valence-corrected chi connectivity index (χ1v) is 11.7. The number of fused-ring (bicyclic) bond motifs is 1. The van der Waals surface area contributed by atoms with Gasteiger partial charge in [-0.1, -0.05) is 42.5 Å². The highest BCUT2D eigenvalue weighted by Gasteiger charge is 2.34. The molecule has 0 spiro atoms. The minimum absolute atomic E-state index is 0.141. The summed E-state index contributed by atoms with van der Waals surface area (Å²) in [5.41, 5.74) is 4.47. The van der Waals surface area contributed by atoms with Gasteiger partial charge in [0.25, 0.3) is 5.91 Å². The van der Waals surface area contributed by atoms with Crippen molar-refractivity contribution < 1.29 is 9.18 Å². The molecular weight excluding hydrogens is 389 g/mol. The van der Waals surface area contributed by atoms with E-state index in [2.05, 4.69) is 27.2 Å². The Morgan fingerprint density at radius 1 is 1.06 bits per heavy atom. The third kappa shape index (κ3) is 4.13. The van der Waals surface area contributed by atoms with Crippen molar-refractivity contribution in [1.29, 1.82) is 0 Å². The molecule has 0 radical (unpaired) electrons. The molecule has 3 aliphatic heterocycles. The van der Waals surface area contributed by atoms with Crippen molar-refractivity contribution >= 4 is 5.91 Å². The Labute approximate surface area is 184 Å². The molecule has 2 aromatic carbocycles. The lowest BCUT2D eigenvalue weighted by Gasteiger charge is -2.37. The number of carbonyl (C=O) groups is 1. The molecule has 164 valence electrons. The number of rotatable bonds is 5. The summed E-state index contributed by atoms with van der Waals surface area (Å²) in [5, 5.41) is 3.43. The highest BCUT2D eigenvalue weighted by molar-refractivity contribution is 5.98. The maximum absolute atomic E-state index is 13.8. The van der Waals surface area contributed by atoms with Gasteiger partial charge in [0.1, 0.15) is 6.67 Å². The second kappa shape index (κ2) is 9.09. The van der Waals surface area contributed by atoms with Gasteiger partial charge in [-0.05, 0) is 74.0 Å². The normalized spacial score (nSPS) is 23.7. The second-order valence-electron chi connectivity index (χ2n) is 9.24. The molecular formula is C26H32FN3O. The van der Waals surface area contributed by atoms with E-state index in [4.69, 9.17) is 0 Å². The number of hydrogen-bond acceptors (Lipinski definition) is 3. The highest BCUT2D eigenvalue weighted by atomic mass is 19.1. The SMILES string of the molecule is O=C1c2ccc(C3CCN(C(CF)c4ccccc4)CC3)cc2CN1C1CCCNC1. The van der Waals surface area contributed by atoms with Crippen molar-refractivity contribution in [3.63, 3.8) is 0 Å². The Bertz CT molecular complexity index is 904. The van der Waals surface area contributed by atoms with Gasteiger partial charge in [-0.2, -0.15) is 0 Å². The standard InChI is InChI=1S/C26H32FN3O/c27-16-25(20-5-2-1-3-6-20)29-13-10-19(11-14-29)21-8-9-24-22(15-21)18-30(26(24)31)23-7-4-12-28-17-23/h1-3,5-6,8-9,15,19,23,25,28H,4,7,10-14,16-18H2. The minimum atomic E-state index is -0.346. The average molecular weight is 422 g/mol. The lowest BCUT2D eigenvalue weighted by molar-refractivity contribution is 0.0674. The van der Waals surface area contributed by atoms with E-state index in [1.54, 1.807) is 0 Å². The Morgan fingerprint density at radius 3 is 2.58 bits per heavy atom. The average Bonchev–Trinajstić information content (AvgIpc) is 3.17. The summed E-state index contributed by atoms with van der Waals surface area (Å²) in [4.78, 5) is 17.3. The fraction of sp³-hybridized carbons (Fsp3) is 0.500. The van der Waals surface area contributed by atoms with E-state index in [-0.39, 0.29) is 18.6 Å². The fourth-order valence-electron chi connectivity index (χ4n) is 5.63. The first-order valence-electron chi connectivity index (χ1n) is 11.7. The van der Waals surface area contributed by atoms with E-state index in [0.29, 0.717) is 12.0 Å². The Balaban J connectivity index is 1.25. The number of nitrogens with zero attached hydrogens (tertiary/aromatic N) is 2. The molecule has 4 nitrogen and oxygen atoms in total. The molecule has 2 atom stereocenters. The van der Waals surface area contributed by atoms with Crippen LogP contribution in [0.15, 0.2) is 48.5 Å². The predicted molar refractivity (Wildman–Crippen MR) is 121 cm³/mol. The van der Waals surface area contributed by atoms with Crippen LogP contribution in [0.5, 0.6) is 0 Å². The molecule has 1 N–H and O–H groups in total. The van der Waals surface area contributed by atoms with Crippen LogP contribution in [0.2, 0.25) is 0 Å². The van der Waals surface area contributed by atoms with Gasteiger partial charge in [-0.15, -0.1) is 0 Å². The summed E-state index contributed by atoms with van der Waals surface area (Å²) in [5.74, 6) is 0.678. The van der Waals surface area contributed by atoms with Gasteiger partial charge >= 0.3 is 0 Å². The monoisotopic (exact) mass is 421 g/mol. The van der Waals surface area contributed by atoms with E-state index >= 15 is 0 Å². The van der Waals surface area contributed by atoms with Crippen LogP contribution in [0.4, 0.5) is 4.39 Å². The molecule has 5 heteroatoms. The zero-order valence-corrected chi connectivity index (χ0v) is 18.1. The van der Waals surface area contributed by atoms with Crippen LogP contribution in [0, 0.1) is 0 Å². The molecule has 2 fully saturated rings. The van der Waals surface area contributed by atoms with Gasteiger partial charge < -0.3 is 10.2 Å². The van der Waals surface area contributed by atoms with Crippen LogP contribution in [-0.2, 0) is 6.54 Å². The number of hydrogen-bond donors (Lipinski definition) is 1. The third-order valence-corrected chi connectivity index (χ3v) is 7.45. The summed E-state index contributed by atoms with van der Waals surface area (Å²) in [6.45, 7) is 4.17. The van der Waals surface area contributed by atoms with Gasteiger partial charge in [-0.3, -0.25) is 9.69 Å². The van der Waals surface area contributed by atoms with E-state index in [0.717, 1.165) is 69.5 Å². The zero-order valence-electron chi connectivity index (χ0n) is 18.1. The number of nitrogens with one attached hydrogen (secondary N) is 1. The molecule has 5 rings (SSSR count). The largest absolute Gasteiger partial charge is 0.330 e. The predicted octanol–water partition coefficient (Wildman–Crippen LogP) is 4.28. The van der Waals surface area contributed by atoms with Gasteiger partial charge in [0.05, 0.1) is 6.04 Å². The molecule has 31 heavy (non-hydrogen) atoms. The molecule has 3 aliphatic rings. The lowest BCUT2D eigenvalue weighted by atomic mass is 9.87. The molecule has 2 saturated heterocycles. The number of benzene rings is 2. The van der Waals surface area contributed by atoms with Crippen LogP contribution < -0.4 is 5.32 Å². The van der Waals surface area contributed by atoms with Crippen LogP contribution in [0.3, 0.4) is 0 Å². The van der Waals surface area contributed by atoms with Gasteiger partial charge in [0.15, 0.2) is 0 Å². The quantitative estimate of drug-likeness (QED) is 0.783. The number of amides is 1. The molecule has 0 bridgehead atoms. The van der Waals surface area contributed by atoms with Crippen molar-refractivity contribution in [3.05, 3.63) is 70.8 Å². The van der Waals surface area contributed by atoms with Gasteiger partial charge in [0.2, 0.25) is 0 Å². The smallest absolute Gasteiger partial charge is 0.254 e. The summed E-state index contributed by atoms with van der Waals surface area (Å²) in [7, 11) is 0. The first kappa shape index (κ1) is 20.7. The molecule has 1 amide bonds. The molecule has 2 aromatic rings. The summed E-state index contributed by atoms with van der Waals surface area (Å²) in [6.07, 6.45) is 4.30. The van der Waals surface area contributed by atoms with E-state index in [9.17, 15) is 9.18 Å². The van der Waals surface area contributed by atoms with Crippen molar-refractivity contribution in [3.8, 4) is 0 Å². The number of carbonyl (C=O) groups excluding carboxylic acids is 1. The highest BCUT2D eigenvalue weighted by Crippen LogP contribution is 2.35. The van der Waals surface area contributed by atoms with Crippen molar-refractivity contribution in [2.24, 2.45) is 0 Å². The van der Waals surface area contributed by atoms with Crippen molar-refractivity contribution in [2.45, 2.75) is 50.2 Å². The number of piperidine rings is 2. The third-order valence-electron chi connectivity index (χ3n) is 7.45. The zero-order chi connectivity index (χ0) is 21.2.